The van der Waals surface area contributed by atoms with Gasteiger partial charge in [-0.15, -0.1) is 0 Å². The van der Waals surface area contributed by atoms with Crippen LogP contribution >= 0.6 is 0 Å². The molecule has 0 spiro atoms. The van der Waals surface area contributed by atoms with E-state index < -0.39 is 6.10 Å². The molecule has 0 aliphatic heterocycles. The van der Waals surface area contributed by atoms with Crippen LogP contribution in [0.1, 0.15) is 20.8 Å². The summed E-state index contributed by atoms with van der Waals surface area (Å²) in [6, 6.07) is 0. The summed E-state index contributed by atoms with van der Waals surface area (Å²) in [4.78, 5) is 0. The van der Waals surface area contributed by atoms with Crippen molar-refractivity contribution in [2.24, 2.45) is 0 Å². The molecule has 0 amide bonds. The molecule has 1 unspecified atom stereocenters. The van der Waals surface area contributed by atoms with Gasteiger partial charge in [0.15, 0.2) is 0 Å². The first-order valence-corrected chi connectivity index (χ1v) is 6.03. The molecular formula is C12H27NO4. The van der Waals surface area contributed by atoms with Gasteiger partial charge in [0.2, 0.25) is 0 Å². The first-order chi connectivity index (χ1) is 7.95. The van der Waals surface area contributed by atoms with Crippen LogP contribution in [-0.2, 0) is 14.2 Å². The molecule has 5 nitrogen and oxygen atoms in total. The van der Waals surface area contributed by atoms with Crippen LogP contribution in [-0.4, -0.2) is 63.4 Å². The minimum absolute atomic E-state index is 0.0181. The largest absolute Gasteiger partial charge is 0.389 e. The Labute approximate surface area is 104 Å². The molecule has 17 heavy (non-hydrogen) atoms. The highest BCUT2D eigenvalue weighted by molar-refractivity contribution is 4.72. The fourth-order valence-electron chi connectivity index (χ4n) is 1.06. The first kappa shape index (κ1) is 16.8. The number of rotatable bonds is 10. The highest BCUT2D eigenvalue weighted by Gasteiger charge is 2.11. The van der Waals surface area contributed by atoms with E-state index in [1.165, 1.54) is 0 Å². The van der Waals surface area contributed by atoms with Crippen molar-refractivity contribution in [3.05, 3.63) is 0 Å². The van der Waals surface area contributed by atoms with Gasteiger partial charge in [0.25, 0.3) is 0 Å². The van der Waals surface area contributed by atoms with Crippen LogP contribution in [0.15, 0.2) is 0 Å². The van der Waals surface area contributed by atoms with Crippen LogP contribution in [0.5, 0.6) is 0 Å². The van der Waals surface area contributed by atoms with Crippen molar-refractivity contribution in [1.29, 1.82) is 0 Å². The van der Waals surface area contributed by atoms with E-state index in [2.05, 4.69) is 26.1 Å². The van der Waals surface area contributed by atoms with E-state index in [1.54, 1.807) is 7.11 Å². The minimum atomic E-state index is -0.479. The second-order valence-electron chi connectivity index (χ2n) is 4.96. The van der Waals surface area contributed by atoms with Crippen molar-refractivity contribution in [3.8, 4) is 0 Å². The summed E-state index contributed by atoms with van der Waals surface area (Å²) in [7, 11) is 1.64. The number of methoxy groups -OCH3 is 1. The molecule has 104 valence electrons. The quantitative estimate of drug-likeness (QED) is 0.549. The van der Waals surface area contributed by atoms with Crippen molar-refractivity contribution < 1.29 is 19.3 Å². The lowest BCUT2D eigenvalue weighted by Crippen LogP contribution is -2.42. The third-order valence-electron chi connectivity index (χ3n) is 1.98. The third kappa shape index (κ3) is 13.7. The molecule has 0 aromatic heterocycles. The van der Waals surface area contributed by atoms with Crippen LogP contribution in [0.3, 0.4) is 0 Å². The van der Waals surface area contributed by atoms with Gasteiger partial charge in [0.1, 0.15) is 0 Å². The second-order valence-corrected chi connectivity index (χ2v) is 4.96. The maximum atomic E-state index is 9.60. The van der Waals surface area contributed by atoms with E-state index in [1.807, 2.05) is 0 Å². The van der Waals surface area contributed by atoms with Gasteiger partial charge >= 0.3 is 0 Å². The predicted molar refractivity (Wildman–Crippen MR) is 67.3 cm³/mol. The molecule has 0 bridgehead atoms. The molecule has 0 saturated carbocycles. The van der Waals surface area contributed by atoms with Gasteiger partial charge in [-0.05, 0) is 20.8 Å². The second kappa shape index (κ2) is 9.79. The average Bonchev–Trinajstić information content (AvgIpc) is 2.24. The van der Waals surface area contributed by atoms with Crippen LogP contribution < -0.4 is 5.32 Å². The Morgan fingerprint density at radius 1 is 1.06 bits per heavy atom. The van der Waals surface area contributed by atoms with Crippen molar-refractivity contribution in [1.82, 2.24) is 5.32 Å². The Morgan fingerprint density at radius 2 is 1.65 bits per heavy atom. The Bertz CT molecular complexity index is 170. The molecule has 0 aliphatic carbocycles. The minimum Gasteiger partial charge on any atom is -0.389 e. The molecular weight excluding hydrogens is 222 g/mol. The molecule has 0 aliphatic rings. The van der Waals surface area contributed by atoms with E-state index >= 15 is 0 Å². The smallest absolute Gasteiger partial charge is 0.0897 e. The number of aliphatic hydroxyl groups is 1. The van der Waals surface area contributed by atoms with Crippen LogP contribution in [0.4, 0.5) is 0 Å². The van der Waals surface area contributed by atoms with Gasteiger partial charge in [-0.1, -0.05) is 0 Å². The molecule has 0 aromatic carbocycles. The molecule has 0 radical (unpaired) electrons. The fourth-order valence-corrected chi connectivity index (χ4v) is 1.06. The number of hydrogen-bond donors (Lipinski definition) is 2. The molecule has 0 saturated heterocycles. The third-order valence-corrected chi connectivity index (χ3v) is 1.98. The van der Waals surface area contributed by atoms with Gasteiger partial charge < -0.3 is 24.6 Å². The van der Waals surface area contributed by atoms with Gasteiger partial charge in [-0.2, -0.15) is 0 Å². The zero-order valence-electron chi connectivity index (χ0n) is 11.5. The Hall–Kier alpha value is -0.200. The van der Waals surface area contributed by atoms with Crippen LogP contribution in [0.2, 0.25) is 0 Å². The van der Waals surface area contributed by atoms with E-state index in [-0.39, 0.29) is 5.54 Å². The number of β-amino-alcohol motifs (C(OH)–C–C–N with tert-alkyl or cyclic N) is 1. The monoisotopic (exact) mass is 249 g/mol. The summed E-state index contributed by atoms with van der Waals surface area (Å²) >= 11 is 0. The van der Waals surface area contributed by atoms with Crippen molar-refractivity contribution in [3.63, 3.8) is 0 Å². The zero-order chi connectivity index (χ0) is 13.1. The molecule has 0 aromatic rings. The molecule has 2 N–H and O–H groups in total. The van der Waals surface area contributed by atoms with E-state index in [0.29, 0.717) is 39.6 Å². The van der Waals surface area contributed by atoms with E-state index in [9.17, 15) is 5.11 Å². The highest BCUT2D eigenvalue weighted by atomic mass is 16.5. The maximum absolute atomic E-state index is 9.60. The van der Waals surface area contributed by atoms with Gasteiger partial charge in [-0.3, -0.25) is 0 Å². The summed E-state index contributed by atoms with van der Waals surface area (Å²) in [5.74, 6) is 0. The topological polar surface area (TPSA) is 60.0 Å². The summed E-state index contributed by atoms with van der Waals surface area (Å²) in [6.45, 7) is 9.24. The van der Waals surface area contributed by atoms with Crippen LogP contribution in [0.25, 0.3) is 0 Å². The van der Waals surface area contributed by atoms with Gasteiger partial charge in [-0.25, -0.2) is 0 Å². The molecule has 5 heteroatoms. The molecule has 0 heterocycles. The lowest BCUT2D eigenvalue weighted by Gasteiger charge is -2.22. The van der Waals surface area contributed by atoms with Crippen molar-refractivity contribution >= 4 is 0 Å². The normalized spacial score (nSPS) is 13.9. The molecule has 1 atom stereocenters. The SMILES string of the molecule is COCCOCCOCC(O)CNC(C)(C)C. The summed E-state index contributed by atoms with van der Waals surface area (Å²) in [5.41, 5.74) is 0.0181. The van der Waals surface area contributed by atoms with E-state index in [4.69, 9.17) is 14.2 Å². The lowest BCUT2D eigenvalue weighted by atomic mass is 10.1. The van der Waals surface area contributed by atoms with Crippen molar-refractivity contribution in [2.75, 3.05) is 46.7 Å². The standard InChI is InChI=1S/C12H27NO4/c1-12(2,3)13-9-11(14)10-17-8-7-16-6-5-15-4/h11,13-14H,5-10H2,1-4H3. The lowest BCUT2D eigenvalue weighted by molar-refractivity contribution is -0.00604. The fraction of sp³-hybridized carbons (Fsp3) is 1.00. The number of nitrogens with one attached hydrogen (secondary N) is 1. The summed E-state index contributed by atoms with van der Waals surface area (Å²) in [5, 5.41) is 12.8. The van der Waals surface area contributed by atoms with Gasteiger partial charge in [0.05, 0.1) is 39.1 Å². The van der Waals surface area contributed by atoms with Gasteiger partial charge in [0, 0.05) is 19.2 Å². The number of ether oxygens (including phenoxy) is 3. The maximum Gasteiger partial charge on any atom is 0.0897 e. The Balaban J connectivity index is 3.25. The number of aliphatic hydroxyl groups excluding tert-OH is 1. The predicted octanol–water partition coefficient (Wildman–Crippen LogP) is 0.415. The highest BCUT2D eigenvalue weighted by Crippen LogP contribution is 1.98. The summed E-state index contributed by atoms with van der Waals surface area (Å²) < 4.78 is 15.3. The van der Waals surface area contributed by atoms with Crippen LogP contribution in [0, 0.1) is 0 Å². The first-order valence-electron chi connectivity index (χ1n) is 6.03. The Kier molecular flexibility index (Phi) is 9.68. The zero-order valence-corrected chi connectivity index (χ0v) is 11.5. The molecule has 0 fully saturated rings. The van der Waals surface area contributed by atoms with Crippen molar-refractivity contribution in [2.45, 2.75) is 32.4 Å². The summed E-state index contributed by atoms with van der Waals surface area (Å²) in [6.07, 6.45) is -0.479. The average molecular weight is 249 g/mol. The number of hydrogen-bond acceptors (Lipinski definition) is 5. The Morgan fingerprint density at radius 3 is 2.24 bits per heavy atom. The molecule has 0 rings (SSSR count). The van der Waals surface area contributed by atoms with E-state index in [0.717, 1.165) is 0 Å².